The van der Waals surface area contributed by atoms with Crippen molar-refractivity contribution in [2.45, 2.75) is 6.42 Å². The van der Waals surface area contributed by atoms with E-state index < -0.39 is 9.84 Å². The molecule has 1 aromatic rings. The summed E-state index contributed by atoms with van der Waals surface area (Å²) in [6.45, 7) is 0. The molecule has 0 unspecified atom stereocenters. The maximum Gasteiger partial charge on any atom is 0.174 e. The Bertz CT molecular complexity index is 433. The van der Waals surface area contributed by atoms with Gasteiger partial charge in [0.1, 0.15) is 9.84 Å². The zero-order valence-electron chi connectivity index (χ0n) is 7.49. The van der Waals surface area contributed by atoms with Crippen LogP contribution in [0.15, 0.2) is 15.9 Å². The molecule has 0 fully saturated rings. The third-order valence-electron chi connectivity index (χ3n) is 1.57. The van der Waals surface area contributed by atoms with Gasteiger partial charge in [-0.2, -0.15) is 0 Å². The van der Waals surface area contributed by atoms with E-state index in [1.807, 2.05) is 0 Å². The fraction of sp³-hybridized carbons (Fsp3) is 0.375. The van der Waals surface area contributed by atoms with Crippen LogP contribution in [0.25, 0.3) is 0 Å². The molecular weight excluding hydrogens is 288 g/mol. The quantitative estimate of drug-likeness (QED) is 0.800. The first-order chi connectivity index (χ1) is 6.40. The zero-order chi connectivity index (χ0) is 10.8. The number of hydrogen-bond donors (Lipinski definition) is 0. The smallest absolute Gasteiger partial charge is 0.174 e. The minimum atomic E-state index is -3.05. The molecule has 0 bridgehead atoms. The Balaban J connectivity index is 2.65. The first kappa shape index (κ1) is 11.9. The highest BCUT2D eigenvalue weighted by atomic mass is 79.9. The number of rotatable bonds is 4. The van der Waals surface area contributed by atoms with Crippen molar-refractivity contribution in [1.29, 1.82) is 0 Å². The summed E-state index contributed by atoms with van der Waals surface area (Å²) in [5.74, 6) is -0.215. The van der Waals surface area contributed by atoms with Crippen LogP contribution in [0.3, 0.4) is 0 Å². The summed E-state index contributed by atoms with van der Waals surface area (Å²) in [7, 11) is -3.05. The van der Waals surface area contributed by atoms with Gasteiger partial charge in [-0.15, -0.1) is 11.3 Å². The molecule has 1 aromatic heterocycles. The highest BCUT2D eigenvalue weighted by Crippen LogP contribution is 2.23. The number of thiophene rings is 1. The molecule has 78 valence electrons. The lowest BCUT2D eigenvalue weighted by Crippen LogP contribution is -2.08. The predicted octanol–water partition coefficient (Wildman–Crippen LogP) is 2.13. The number of sulfone groups is 1. The molecule has 0 saturated heterocycles. The summed E-state index contributed by atoms with van der Waals surface area (Å²) in [6.07, 6.45) is 1.18. The Morgan fingerprint density at radius 2 is 2.21 bits per heavy atom. The third-order valence-corrected chi connectivity index (χ3v) is 4.39. The largest absolute Gasteiger partial charge is 0.293 e. The Morgan fingerprint density at radius 1 is 1.57 bits per heavy atom. The zero-order valence-corrected chi connectivity index (χ0v) is 10.7. The van der Waals surface area contributed by atoms with Crippen LogP contribution in [-0.2, 0) is 9.84 Å². The van der Waals surface area contributed by atoms with Gasteiger partial charge >= 0.3 is 0 Å². The SMILES string of the molecule is CS(=O)(=O)CCC(=O)c1sccc1Br. The predicted molar refractivity (Wildman–Crippen MR) is 60.7 cm³/mol. The van der Waals surface area contributed by atoms with Crippen LogP contribution in [0.4, 0.5) is 0 Å². The monoisotopic (exact) mass is 296 g/mol. The van der Waals surface area contributed by atoms with Crippen LogP contribution in [0.5, 0.6) is 0 Å². The number of carbonyl (C=O) groups excluding carboxylic acids is 1. The summed E-state index contributed by atoms with van der Waals surface area (Å²) in [6, 6.07) is 1.78. The van der Waals surface area contributed by atoms with Gasteiger partial charge in [-0.3, -0.25) is 4.79 Å². The molecule has 14 heavy (non-hydrogen) atoms. The lowest BCUT2D eigenvalue weighted by Gasteiger charge is -1.97. The summed E-state index contributed by atoms with van der Waals surface area (Å²) in [4.78, 5) is 12.1. The van der Waals surface area contributed by atoms with E-state index in [-0.39, 0.29) is 18.0 Å². The minimum Gasteiger partial charge on any atom is -0.293 e. The number of halogens is 1. The van der Waals surface area contributed by atoms with Crippen LogP contribution in [0, 0.1) is 0 Å². The van der Waals surface area contributed by atoms with E-state index in [9.17, 15) is 13.2 Å². The second-order valence-electron chi connectivity index (χ2n) is 2.90. The Morgan fingerprint density at radius 3 is 2.64 bits per heavy atom. The van der Waals surface area contributed by atoms with E-state index in [1.165, 1.54) is 11.3 Å². The molecule has 0 amide bonds. The fourth-order valence-corrected chi connectivity index (χ4v) is 3.00. The van der Waals surface area contributed by atoms with Crippen molar-refractivity contribution in [2.75, 3.05) is 12.0 Å². The molecule has 0 saturated carbocycles. The topological polar surface area (TPSA) is 51.2 Å². The van der Waals surface area contributed by atoms with Crippen LogP contribution >= 0.6 is 27.3 Å². The van der Waals surface area contributed by atoms with Crippen molar-refractivity contribution in [3.63, 3.8) is 0 Å². The van der Waals surface area contributed by atoms with Gasteiger partial charge in [-0.05, 0) is 27.4 Å². The van der Waals surface area contributed by atoms with Crippen LogP contribution in [0.2, 0.25) is 0 Å². The second-order valence-corrected chi connectivity index (χ2v) is 6.93. The lowest BCUT2D eigenvalue weighted by molar-refractivity contribution is 0.0992. The van der Waals surface area contributed by atoms with Gasteiger partial charge in [0, 0.05) is 17.1 Å². The van der Waals surface area contributed by atoms with Gasteiger partial charge in [0.05, 0.1) is 10.6 Å². The highest BCUT2D eigenvalue weighted by molar-refractivity contribution is 9.10. The molecule has 6 heteroatoms. The minimum absolute atomic E-state index is 0.0535. The van der Waals surface area contributed by atoms with E-state index in [2.05, 4.69) is 15.9 Å². The summed E-state index contributed by atoms with van der Waals surface area (Å²) < 4.78 is 22.4. The third kappa shape index (κ3) is 3.51. The first-order valence-electron chi connectivity index (χ1n) is 3.84. The molecule has 0 aromatic carbocycles. The summed E-state index contributed by atoms with van der Waals surface area (Å²) in [5.41, 5.74) is 0. The molecule has 1 heterocycles. The maximum absolute atomic E-state index is 11.5. The van der Waals surface area contributed by atoms with Gasteiger partial charge < -0.3 is 0 Å². The second kappa shape index (κ2) is 4.55. The lowest BCUT2D eigenvalue weighted by atomic mass is 10.3. The van der Waals surface area contributed by atoms with Crippen LogP contribution < -0.4 is 0 Å². The van der Waals surface area contributed by atoms with Gasteiger partial charge in [0.25, 0.3) is 0 Å². The first-order valence-corrected chi connectivity index (χ1v) is 7.57. The standard InChI is InChI=1S/C8H9BrO3S2/c1-14(11,12)5-3-7(10)8-6(9)2-4-13-8/h2,4H,3,5H2,1H3. The average molecular weight is 297 g/mol. The van der Waals surface area contributed by atoms with E-state index in [1.54, 1.807) is 11.4 Å². The van der Waals surface area contributed by atoms with Gasteiger partial charge in [0.15, 0.2) is 5.78 Å². The molecule has 0 N–H and O–H groups in total. The maximum atomic E-state index is 11.5. The molecule has 0 aliphatic carbocycles. The molecule has 0 aliphatic rings. The molecule has 3 nitrogen and oxygen atoms in total. The highest BCUT2D eigenvalue weighted by Gasteiger charge is 2.13. The molecule has 0 atom stereocenters. The normalized spacial score (nSPS) is 11.6. The number of Topliss-reactive ketones (excluding diaryl/α,β-unsaturated/α-hetero) is 1. The molecule has 1 rings (SSSR count). The van der Waals surface area contributed by atoms with Crippen molar-refractivity contribution >= 4 is 42.9 Å². The van der Waals surface area contributed by atoms with Gasteiger partial charge in [-0.1, -0.05) is 0 Å². The van der Waals surface area contributed by atoms with Crippen molar-refractivity contribution in [3.8, 4) is 0 Å². The number of ketones is 1. The molecule has 0 spiro atoms. The van der Waals surface area contributed by atoms with Crippen LogP contribution in [-0.4, -0.2) is 26.2 Å². The van der Waals surface area contributed by atoms with Gasteiger partial charge in [-0.25, -0.2) is 8.42 Å². The van der Waals surface area contributed by atoms with Crippen LogP contribution in [0.1, 0.15) is 16.1 Å². The number of hydrogen-bond acceptors (Lipinski definition) is 4. The van der Waals surface area contributed by atoms with Gasteiger partial charge in [0.2, 0.25) is 0 Å². The Labute approximate surface area is 95.2 Å². The van der Waals surface area contributed by atoms with Crippen molar-refractivity contribution in [3.05, 3.63) is 20.8 Å². The fourth-order valence-electron chi connectivity index (χ4n) is 0.884. The molecule has 0 aliphatic heterocycles. The Hall–Kier alpha value is -0.200. The van der Waals surface area contributed by atoms with Crippen molar-refractivity contribution in [1.82, 2.24) is 0 Å². The summed E-state index contributed by atoms with van der Waals surface area (Å²) in [5, 5.41) is 1.79. The molecular formula is C8H9BrO3S2. The van der Waals surface area contributed by atoms with Crippen molar-refractivity contribution in [2.24, 2.45) is 0 Å². The van der Waals surface area contributed by atoms with E-state index in [0.717, 1.165) is 10.7 Å². The van der Waals surface area contributed by atoms with E-state index in [4.69, 9.17) is 0 Å². The Kier molecular flexibility index (Phi) is 3.86. The average Bonchev–Trinajstić information content (AvgIpc) is 2.46. The van der Waals surface area contributed by atoms with Crippen molar-refractivity contribution < 1.29 is 13.2 Å². The van der Waals surface area contributed by atoms with E-state index >= 15 is 0 Å². The van der Waals surface area contributed by atoms with E-state index in [0.29, 0.717) is 4.88 Å². The summed E-state index contributed by atoms with van der Waals surface area (Å²) >= 11 is 4.54. The number of carbonyl (C=O) groups is 1. The molecule has 0 radical (unpaired) electrons.